The lowest BCUT2D eigenvalue weighted by Crippen LogP contribution is -2.32. The van der Waals surface area contributed by atoms with Crippen LogP contribution in [0.25, 0.3) is 0 Å². The molecule has 1 aliphatic heterocycles. The van der Waals surface area contributed by atoms with Crippen molar-refractivity contribution in [3.05, 3.63) is 0 Å². The molecule has 3 heteroatoms. The van der Waals surface area contributed by atoms with Crippen LogP contribution in [0, 0.1) is 0 Å². The number of alkyl halides is 1. The second-order valence-electron chi connectivity index (χ2n) is 1.95. The lowest BCUT2D eigenvalue weighted by molar-refractivity contribution is 0.000696. The molecule has 2 nitrogen and oxygen atoms in total. The fourth-order valence-electron chi connectivity index (χ4n) is 0.697. The molecule has 0 aliphatic carbocycles. The molecule has 0 aromatic carbocycles. The van der Waals surface area contributed by atoms with Crippen molar-refractivity contribution in [3.63, 3.8) is 0 Å². The average molecular weight is 181 g/mol. The van der Waals surface area contributed by atoms with Gasteiger partial charge in [0.05, 0.1) is 12.7 Å². The molecule has 1 rings (SSSR count). The third-order valence-corrected chi connectivity index (χ3v) is 2.31. The second kappa shape index (κ2) is 2.80. The van der Waals surface area contributed by atoms with Crippen LogP contribution in [0.4, 0.5) is 0 Å². The third-order valence-electron chi connectivity index (χ3n) is 1.24. The highest BCUT2D eigenvalue weighted by atomic mass is 79.9. The van der Waals surface area contributed by atoms with Gasteiger partial charge in [0, 0.05) is 11.4 Å². The highest BCUT2D eigenvalue weighted by Gasteiger charge is 2.19. The Morgan fingerprint density at radius 2 is 2.38 bits per heavy atom. The van der Waals surface area contributed by atoms with E-state index in [9.17, 15) is 0 Å². The molecule has 1 saturated heterocycles. The first-order valence-corrected chi connectivity index (χ1v) is 3.62. The van der Waals surface area contributed by atoms with Crippen molar-refractivity contribution in [2.24, 2.45) is 0 Å². The van der Waals surface area contributed by atoms with Gasteiger partial charge >= 0.3 is 0 Å². The van der Waals surface area contributed by atoms with Crippen molar-refractivity contribution in [2.45, 2.75) is 17.4 Å². The molecular weight excluding hydrogens is 172 g/mol. The first-order valence-electron chi connectivity index (χ1n) is 2.70. The van der Waals surface area contributed by atoms with Crippen LogP contribution in [0.5, 0.6) is 0 Å². The molecule has 0 aromatic heterocycles. The van der Waals surface area contributed by atoms with Gasteiger partial charge in [-0.3, -0.25) is 0 Å². The first kappa shape index (κ1) is 6.52. The van der Waals surface area contributed by atoms with E-state index in [1.54, 1.807) is 0 Å². The SMILES string of the molecule is O[C@H]1COCC[C@@H]1Br. The smallest absolute Gasteiger partial charge is 0.0899 e. The summed E-state index contributed by atoms with van der Waals surface area (Å²) in [5.41, 5.74) is 0. The highest BCUT2D eigenvalue weighted by molar-refractivity contribution is 9.09. The van der Waals surface area contributed by atoms with E-state index in [2.05, 4.69) is 15.9 Å². The maximum absolute atomic E-state index is 9.01. The van der Waals surface area contributed by atoms with E-state index < -0.39 is 0 Å². The molecule has 0 spiro atoms. The third kappa shape index (κ3) is 1.44. The summed E-state index contributed by atoms with van der Waals surface area (Å²) in [6.07, 6.45) is 0.616. The predicted molar refractivity (Wildman–Crippen MR) is 34.2 cm³/mol. The van der Waals surface area contributed by atoms with Gasteiger partial charge in [0.25, 0.3) is 0 Å². The topological polar surface area (TPSA) is 29.5 Å². The molecule has 48 valence electrons. The molecule has 1 N–H and O–H groups in total. The van der Waals surface area contributed by atoms with Gasteiger partial charge in [0.2, 0.25) is 0 Å². The molecule has 0 amide bonds. The van der Waals surface area contributed by atoms with Gasteiger partial charge in [-0.05, 0) is 6.42 Å². The van der Waals surface area contributed by atoms with Gasteiger partial charge in [0.1, 0.15) is 0 Å². The molecule has 0 radical (unpaired) electrons. The van der Waals surface area contributed by atoms with Gasteiger partial charge in [-0.25, -0.2) is 0 Å². The van der Waals surface area contributed by atoms with E-state index in [0.29, 0.717) is 6.61 Å². The molecule has 2 atom stereocenters. The summed E-state index contributed by atoms with van der Waals surface area (Å²) in [4.78, 5) is 0.247. The standard InChI is InChI=1S/C5H9BrO2/c6-4-1-2-8-3-5(4)7/h4-5,7H,1-3H2/t4-,5-/m0/s1. The van der Waals surface area contributed by atoms with E-state index >= 15 is 0 Å². The minimum absolute atomic E-state index is 0.247. The summed E-state index contributed by atoms with van der Waals surface area (Å²) in [5, 5.41) is 9.01. The molecule has 8 heavy (non-hydrogen) atoms. The Hall–Kier alpha value is 0.400. The van der Waals surface area contributed by atoms with Crippen LogP contribution in [-0.2, 0) is 4.74 Å². The maximum atomic E-state index is 9.01. The zero-order chi connectivity index (χ0) is 5.98. The van der Waals surface area contributed by atoms with Crippen LogP contribution in [0.3, 0.4) is 0 Å². The zero-order valence-electron chi connectivity index (χ0n) is 4.51. The van der Waals surface area contributed by atoms with Crippen molar-refractivity contribution >= 4 is 15.9 Å². The van der Waals surface area contributed by atoms with Crippen molar-refractivity contribution in [2.75, 3.05) is 13.2 Å². The van der Waals surface area contributed by atoms with Gasteiger partial charge < -0.3 is 9.84 Å². The fourth-order valence-corrected chi connectivity index (χ4v) is 1.04. The Labute approximate surface area is 57.0 Å². The molecule has 0 bridgehead atoms. The number of rotatable bonds is 0. The van der Waals surface area contributed by atoms with Gasteiger partial charge in [0.15, 0.2) is 0 Å². The molecule has 1 fully saturated rings. The lowest BCUT2D eigenvalue weighted by Gasteiger charge is -2.22. The average Bonchev–Trinajstić information content (AvgIpc) is 1.77. The van der Waals surface area contributed by atoms with Crippen molar-refractivity contribution in [1.29, 1.82) is 0 Å². The van der Waals surface area contributed by atoms with E-state index in [0.717, 1.165) is 13.0 Å². The van der Waals surface area contributed by atoms with Crippen molar-refractivity contribution < 1.29 is 9.84 Å². The molecule has 1 heterocycles. The molecule has 0 saturated carbocycles. The van der Waals surface area contributed by atoms with Crippen LogP contribution in [0.2, 0.25) is 0 Å². The van der Waals surface area contributed by atoms with E-state index in [1.165, 1.54) is 0 Å². The Balaban J connectivity index is 2.28. The van der Waals surface area contributed by atoms with Crippen LogP contribution in [0.15, 0.2) is 0 Å². The second-order valence-corrected chi connectivity index (χ2v) is 3.12. The van der Waals surface area contributed by atoms with E-state index in [1.807, 2.05) is 0 Å². The van der Waals surface area contributed by atoms with Gasteiger partial charge in [-0.15, -0.1) is 0 Å². The minimum Gasteiger partial charge on any atom is -0.390 e. The summed E-state index contributed by atoms with van der Waals surface area (Å²) in [5.74, 6) is 0. The highest BCUT2D eigenvalue weighted by Crippen LogP contribution is 2.15. The Kier molecular flexibility index (Phi) is 2.28. The largest absolute Gasteiger partial charge is 0.390 e. The Morgan fingerprint density at radius 1 is 1.62 bits per heavy atom. The van der Waals surface area contributed by atoms with Crippen LogP contribution >= 0.6 is 15.9 Å². The van der Waals surface area contributed by atoms with Crippen molar-refractivity contribution in [3.8, 4) is 0 Å². The molecule has 0 unspecified atom stereocenters. The normalized spacial score (nSPS) is 39.8. The lowest BCUT2D eigenvalue weighted by atomic mass is 10.2. The molecular formula is C5H9BrO2. The van der Waals surface area contributed by atoms with E-state index in [-0.39, 0.29) is 10.9 Å². The Morgan fingerprint density at radius 3 is 2.75 bits per heavy atom. The quantitative estimate of drug-likeness (QED) is 0.552. The number of hydrogen-bond donors (Lipinski definition) is 1. The zero-order valence-corrected chi connectivity index (χ0v) is 6.10. The van der Waals surface area contributed by atoms with Crippen molar-refractivity contribution in [1.82, 2.24) is 0 Å². The van der Waals surface area contributed by atoms with E-state index in [4.69, 9.17) is 9.84 Å². The monoisotopic (exact) mass is 180 g/mol. The predicted octanol–water partition coefficient (Wildman–Crippen LogP) is 0.531. The maximum Gasteiger partial charge on any atom is 0.0899 e. The summed E-state index contributed by atoms with van der Waals surface area (Å²) < 4.78 is 4.97. The number of halogens is 1. The molecule has 1 aliphatic rings. The summed E-state index contributed by atoms with van der Waals surface area (Å²) >= 11 is 3.32. The number of aliphatic hydroxyl groups excluding tert-OH is 1. The number of aliphatic hydroxyl groups is 1. The number of ether oxygens (including phenoxy) is 1. The Bertz CT molecular complexity index is 66.8. The number of hydrogen-bond acceptors (Lipinski definition) is 2. The van der Waals surface area contributed by atoms with Crippen LogP contribution in [0.1, 0.15) is 6.42 Å². The van der Waals surface area contributed by atoms with Gasteiger partial charge in [-0.2, -0.15) is 0 Å². The minimum atomic E-state index is -0.302. The van der Waals surface area contributed by atoms with Crippen LogP contribution < -0.4 is 0 Å². The summed E-state index contributed by atoms with van der Waals surface area (Å²) in [6, 6.07) is 0. The molecule has 0 aromatic rings. The summed E-state index contributed by atoms with van der Waals surface area (Å²) in [6.45, 7) is 1.25. The first-order chi connectivity index (χ1) is 3.80. The van der Waals surface area contributed by atoms with Crippen LogP contribution in [-0.4, -0.2) is 29.3 Å². The van der Waals surface area contributed by atoms with Gasteiger partial charge in [-0.1, -0.05) is 15.9 Å². The fraction of sp³-hybridized carbons (Fsp3) is 1.00. The summed E-state index contributed by atoms with van der Waals surface area (Å²) in [7, 11) is 0.